The van der Waals surface area contributed by atoms with Crippen LogP contribution in [-0.2, 0) is 12.8 Å². The van der Waals surface area contributed by atoms with Crippen molar-refractivity contribution in [2.45, 2.75) is 12.8 Å². The molecule has 1 N–H and O–H groups in total. The zero-order valence-electron chi connectivity index (χ0n) is 9.60. The minimum Gasteiger partial charge on any atom is -0.505 e. The second-order valence-corrected chi connectivity index (χ2v) is 4.37. The van der Waals surface area contributed by atoms with E-state index in [0.29, 0.717) is 5.02 Å². The van der Waals surface area contributed by atoms with Gasteiger partial charge in [0.25, 0.3) is 0 Å². The highest BCUT2D eigenvalue weighted by Crippen LogP contribution is 2.16. The third-order valence-electron chi connectivity index (χ3n) is 2.64. The highest BCUT2D eigenvalue weighted by Gasteiger charge is 2.03. The molecule has 18 heavy (non-hydrogen) atoms. The highest BCUT2D eigenvalue weighted by molar-refractivity contribution is 6.30. The van der Waals surface area contributed by atoms with E-state index in [-0.39, 0.29) is 11.3 Å². The molecule has 0 unspecified atom stereocenters. The first kappa shape index (κ1) is 12.4. The van der Waals surface area contributed by atoms with Crippen LogP contribution in [-0.4, -0.2) is 10.1 Å². The summed E-state index contributed by atoms with van der Waals surface area (Å²) in [6.45, 7) is 0. The summed E-state index contributed by atoms with van der Waals surface area (Å²) in [5, 5.41) is 18.9. The minimum atomic E-state index is -0.0762. The van der Waals surface area contributed by atoms with Crippen LogP contribution in [0.5, 0.6) is 5.75 Å². The number of aromatic hydroxyl groups is 1. The number of rotatable bonds is 3. The van der Waals surface area contributed by atoms with Crippen molar-refractivity contribution in [3.8, 4) is 11.8 Å². The summed E-state index contributed by atoms with van der Waals surface area (Å²) in [6, 6.07) is 11.2. The quantitative estimate of drug-likeness (QED) is 0.920. The number of hydrogen-bond acceptors (Lipinski definition) is 3. The van der Waals surface area contributed by atoms with Gasteiger partial charge in [-0.05, 0) is 36.6 Å². The maximum absolute atomic E-state index is 9.35. The van der Waals surface area contributed by atoms with Gasteiger partial charge < -0.3 is 5.11 Å². The van der Waals surface area contributed by atoms with Crippen LogP contribution in [0, 0.1) is 11.3 Å². The number of nitriles is 1. The fourth-order valence-corrected chi connectivity index (χ4v) is 1.77. The molecule has 1 heterocycles. The van der Waals surface area contributed by atoms with Crippen LogP contribution in [0.1, 0.15) is 16.8 Å². The SMILES string of the molecule is N#Cc1cc(CCc2ccc(Cl)cc2)ncc1O. The maximum Gasteiger partial charge on any atom is 0.151 e. The molecule has 4 heteroatoms. The molecule has 0 atom stereocenters. The summed E-state index contributed by atoms with van der Waals surface area (Å²) >= 11 is 5.81. The smallest absolute Gasteiger partial charge is 0.151 e. The predicted octanol–water partition coefficient (Wildman–Crippen LogP) is 3.10. The van der Waals surface area contributed by atoms with E-state index in [2.05, 4.69) is 4.98 Å². The van der Waals surface area contributed by atoms with Crippen molar-refractivity contribution in [3.63, 3.8) is 0 Å². The summed E-state index contributed by atoms with van der Waals surface area (Å²) < 4.78 is 0. The van der Waals surface area contributed by atoms with Crippen LogP contribution in [0.15, 0.2) is 36.5 Å². The van der Waals surface area contributed by atoms with Gasteiger partial charge in [-0.3, -0.25) is 4.98 Å². The summed E-state index contributed by atoms with van der Waals surface area (Å²) in [6.07, 6.45) is 2.85. The molecule has 1 aromatic carbocycles. The molecule has 0 saturated carbocycles. The van der Waals surface area contributed by atoms with E-state index in [4.69, 9.17) is 16.9 Å². The number of aryl methyl sites for hydroxylation is 2. The third kappa shape index (κ3) is 2.99. The van der Waals surface area contributed by atoms with E-state index in [1.807, 2.05) is 30.3 Å². The van der Waals surface area contributed by atoms with Gasteiger partial charge >= 0.3 is 0 Å². The van der Waals surface area contributed by atoms with E-state index in [1.165, 1.54) is 6.20 Å². The van der Waals surface area contributed by atoms with Crippen LogP contribution in [0.4, 0.5) is 0 Å². The normalized spacial score (nSPS) is 10.0. The Morgan fingerprint density at radius 3 is 2.61 bits per heavy atom. The van der Waals surface area contributed by atoms with Gasteiger partial charge in [-0.2, -0.15) is 5.26 Å². The molecule has 0 aliphatic heterocycles. The van der Waals surface area contributed by atoms with Crippen molar-refractivity contribution in [3.05, 3.63) is 58.4 Å². The average molecular weight is 259 g/mol. The molecule has 0 aliphatic rings. The molecule has 3 nitrogen and oxygen atoms in total. The maximum atomic E-state index is 9.35. The Morgan fingerprint density at radius 1 is 1.22 bits per heavy atom. The summed E-state index contributed by atoms with van der Waals surface area (Å²) in [4.78, 5) is 4.09. The van der Waals surface area contributed by atoms with Crippen LogP contribution >= 0.6 is 11.6 Å². The molecule has 0 aliphatic carbocycles. The molecule has 0 bridgehead atoms. The van der Waals surface area contributed by atoms with Gasteiger partial charge in [0.15, 0.2) is 5.75 Å². The van der Waals surface area contributed by atoms with Gasteiger partial charge in [-0.1, -0.05) is 23.7 Å². The zero-order chi connectivity index (χ0) is 13.0. The molecule has 2 rings (SSSR count). The predicted molar refractivity (Wildman–Crippen MR) is 69.5 cm³/mol. The summed E-state index contributed by atoms with van der Waals surface area (Å²) in [5.74, 6) is -0.0762. The van der Waals surface area contributed by atoms with Gasteiger partial charge in [0.2, 0.25) is 0 Å². The molecule has 1 aromatic heterocycles. The number of benzene rings is 1. The fourth-order valence-electron chi connectivity index (χ4n) is 1.64. The second kappa shape index (κ2) is 5.52. The minimum absolute atomic E-state index is 0.0762. The third-order valence-corrected chi connectivity index (χ3v) is 2.90. The Bertz CT molecular complexity index is 588. The average Bonchev–Trinajstić information content (AvgIpc) is 2.39. The van der Waals surface area contributed by atoms with Gasteiger partial charge in [0.1, 0.15) is 6.07 Å². The number of nitrogens with zero attached hydrogens (tertiary/aromatic N) is 2. The largest absolute Gasteiger partial charge is 0.505 e. The molecule has 0 saturated heterocycles. The molecule has 0 fully saturated rings. The number of hydrogen-bond donors (Lipinski definition) is 1. The number of halogens is 1. The Kier molecular flexibility index (Phi) is 3.81. The highest BCUT2D eigenvalue weighted by atomic mass is 35.5. The second-order valence-electron chi connectivity index (χ2n) is 3.93. The Labute approximate surface area is 110 Å². The number of aromatic nitrogens is 1. The topological polar surface area (TPSA) is 56.9 Å². The lowest BCUT2D eigenvalue weighted by molar-refractivity contribution is 0.470. The van der Waals surface area contributed by atoms with Gasteiger partial charge in [-0.25, -0.2) is 0 Å². The Morgan fingerprint density at radius 2 is 1.94 bits per heavy atom. The molecule has 0 radical (unpaired) electrons. The summed E-state index contributed by atoms with van der Waals surface area (Å²) in [5.41, 5.74) is 2.21. The summed E-state index contributed by atoms with van der Waals surface area (Å²) in [7, 11) is 0. The van der Waals surface area contributed by atoms with Crippen molar-refractivity contribution in [2.75, 3.05) is 0 Å². The molecule has 0 spiro atoms. The first-order valence-electron chi connectivity index (χ1n) is 5.51. The van der Waals surface area contributed by atoms with Crippen LogP contribution < -0.4 is 0 Å². The first-order chi connectivity index (χ1) is 8.69. The Balaban J connectivity index is 2.06. The molecular weight excluding hydrogens is 248 g/mol. The van der Waals surface area contributed by atoms with E-state index < -0.39 is 0 Å². The first-order valence-corrected chi connectivity index (χ1v) is 5.89. The van der Waals surface area contributed by atoms with Crippen molar-refractivity contribution in [2.24, 2.45) is 0 Å². The lowest BCUT2D eigenvalue weighted by atomic mass is 10.1. The monoisotopic (exact) mass is 258 g/mol. The number of pyridine rings is 1. The fraction of sp³-hybridized carbons (Fsp3) is 0.143. The van der Waals surface area contributed by atoms with Gasteiger partial charge in [0.05, 0.1) is 11.8 Å². The lowest BCUT2D eigenvalue weighted by Crippen LogP contribution is -1.95. The van der Waals surface area contributed by atoms with Crippen LogP contribution in [0.3, 0.4) is 0 Å². The molecule has 2 aromatic rings. The lowest BCUT2D eigenvalue weighted by Gasteiger charge is -2.03. The molecular formula is C14H11ClN2O. The van der Waals surface area contributed by atoms with Crippen LogP contribution in [0.25, 0.3) is 0 Å². The van der Waals surface area contributed by atoms with Crippen molar-refractivity contribution >= 4 is 11.6 Å². The van der Waals surface area contributed by atoms with E-state index in [9.17, 15) is 5.11 Å². The molecule has 0 amide bonds. The van der Waals surface area contributed by atoms with Crippen molar-refractivity contribution < 1.29 is 5.11 Å². The van der Waals surface area contributed by atoms with Gasteiger partial charge in [-0.15, -0.1) is 0 Å². The van der Waals surface area contributed by atoms with Crippen LogP contribution in [0.2, 0.25) is 5.02 Å². The van der Waals surface area contributed by atoms with E-state index in [1.54, 1.807) is 6.07 Å². The van der Waals surface area contributed by atoms with Crippen molar-refractivity contribution in [1.29, 1.82) is 5.26 Å². The van der Waals surface area contributed by atoms with E-state index >= 15 is 0 Å². The standard InChI is InChI=1S/C14H11ClN2O/c15-12-4-1-10(2-5-12)3-6-13-7-11(8-16)14(18)9-17-13/h1-2,4-5,7,9,18H,3,6H2. The Hall–Kier alpha value is -2.05. The van der Waals surface area contributed by atoms with E-state index in [0.717, 1.165) is 24.1 Å². The van der Waals surface area contributed by atoms with Crippen molar-refractivity contribution in [1.82, 2.24) is 4.98 Å². The van der Waals surface area contributed by atoms with Gasteiger partial charge in [0, 0.05) is 10.7 Å². The molecule has 90 valence electrons. The zero-order valence-corrected chi connectivity index (χ0v) is 10.4.